The third-order valence-electron chi connectivity index (χ3n) is 3.38. The largest absolute Gasteiger partial charge is 0.450 e. The number of amides is 1. The molecule has 0 saturated carbocycles. The van der Waals surface area contributed by atoms with Gasteiger partial charge in [0.15, 0.2) is 5.96 Å². The zero-order valence-electron chi connectivity index (χ0n) is 13.8. The first kappa shape index (κ1) is 21.6. The van der Waals surface area contributed by atoms with Crippen LogP contribution in [-0.2, 0) is 4.74 Å². The molecule has 0 aromatic heterocycles. The van der Waals surface area contributed by atoms with E-state index in [1.807, 2.05) is 25.7 Å². The lowest BCUT2D eigenvalue weighted by molar-refractivity contribution is 0.0914. The number of nitrogens with zero attached hydrogens (tertiary/aromatic N) is 3. The molecule has 0 radical (unpaired) electrons. The molecule has 0 aliphatic carbocycles. The van der Waals surface area contributed by atoms with Crippen LogP contribution in [0, 0.1) is 0 Å². The third-order valence-corrected chi connectivity index (χ3v) is 4.07. The van der Waals surface area contributed by atoms with E-state index in [9.17, 15) is 4.79 Å². The Balaban J connectivity index is 0.00000441. The number of thioether (sulfide) groups is 1. The van der Waals surface area contributed by atoms with E-state index in [4.69, 9.17) is 4.74 Å². The smallest absolute Gasteiger partial charge is 0.409 e. The van der Waals surface area contributed by atoms with Gasteiger partial charge in [-0.15, -0.1) is 24.0 Å². The Kier molecular flexibility index (Phi) is 12.9. The quantitative estimate of drug-likeness (QED) is 0.294. The molecule has 0 aromatic rings. The van der Waals surface area contributed by atoms with Crippen LogP contribution < -0.4 is 5.32 Å². The molecule has 0 spiro atoms. The Morgan fingerprint density at radius 3 is 2.41 bits per heavy atom. The Hall–Kier alpha value is -0.380. The molecule has 1 aliphatic heterocycles. The van der Waals surface area contributed by atoms with Crippen LogP contribution in [0.5, 0.6) is 0 Å². The molecule has 0 atom stereocenters. The van der Waals surface area contributed by atoms with Crippen molar-refractivity contribution in [1.29, 1.82) is 0 Å². The highest BCUT2D eigenvalue weighted by atomic mass is 127. The molecule has 1 heterocycles. The maximum absolute atomic E-state index is 11.7. The van der Waals surface area contributed by atoms with Crippen molar-refractivity contribution in [3.05, 3.63) is 0 Å². The van der Waals surface area contributed by atoms with Gasteiger partial charge in [0, 0.05) is 39.8 Å². The van der Waals surface area contributed by atoms with Crippen molar-refractivity contribution >= 4 is 47.8 Å². The Labute approximate surface area is 155 Å². The SMILES string of the molecule is CCOC(=O)N1CCN(C(=NC)NCCCCSC)CC1.I. The standard InChI is InChI=1S/C14H28N4O2S.HI/c1-4-20-14(19)18-10-8-17(9-11-18)13(15-2)16-7-5-6-12-21-3;/h4-12H2,1-3H3,(H,15,16);1H. The normalized spacial score (nSPS) is 15.3. The van der Waals surface area contributed by atoms with Crippen LogP contribution in [0.2, 0.25) is 0 Å². The Bertz CT molecular complexity index is 337. The molecule has 1 amide bonds. The lowest BCUT2D eigenvalue weighted by Crippen LogP contribution is -2.54. The number of hydrogen-bond acceptors (Lipinski definition) is 4. The summed E-state index contributed by atoms with van der Waals surface area (Å²) in [6.07, 6.45) is 4.30. The number of carbonyl (C=O) groups is 1. The average Bonchev–Trinajstić information content (AvgIpc) is 2.51. The van der Waals surface area contributed by atoms with E-state index >= 15 is 0 Å². The number of unbranched alkanes of at least 4 members (excludes halogenated alkanes) is 1. The fourth-order valence-electron chi connectivity index (χ4n) is 2.22. The van der Waals surface area contributed by atoms with Crippen LogP contribution in [0.1, 0.15) is 19.8 Å². The van der Waals surface area contributed by atoms with E-state index in [-0.39, 0.29) is 30.1 Å². The van der Waals surface area contributed by atoms with Crippen molar-refractivity contribution in [3.8, 4) is 0 Å². The zero-order chi connectivity index (χ0) is 15.5. The van der Waals surface area contributed by atoms with Gasteiger partial charge in [-0.25, -0.2) is 4.79 Å². The van der Waals surface area contributed by atoms with Gasteiger partial charge in [0.1, 0.15) is 0 Å². The number of halogens is 1. The maximum Gasteiger partial charge on any atom is 0.409 e. The van der Waals surface area contributed by atoms with Gasteiger partial charge < -0.3 is 19.9 Å². The summed E-state index contributed by atoms with van der Waals surface area (Å²) in [6.45, 7) is 6.17. The molecule has 6 nitrogen and oxygen atoms in total. The third kappa shape index (κ3) is 7.75. The number of nitrogens with one attached hydrogen (secondary N) is 1. The first-order chi connectivity index (χ1) is 10.2. The number of aliphatic imine (C=N–C) groups is 1. The molecule has 0 aromatic carbocycles. The van der Waals surface area contributed by atoms with E-state index < -0.39 is 0 Å². The summed E-state index contributed by atoms with van der Waals surface area (Å²) >= 11 is 1.88. The Morgan fingerprint density at radius 2 is 1.86 bits per heavy atom. The Morgan fingerprint density at radius 1 is 1.23 bits per heavy atom. The van der Waals surface area contributed by atoms with Gasteiger partial charge >= 0.3 is 6.09 Å². The second-order valence-corrected chi connectivity index (χ2v) is 5.83. The highest BCUT2D eigenvalue weighted by molar-refractivity contribution is 14.0. The minimum Gasteiger partial charge on any atom is -0.450 e. The predicted octanol–water partition coefficient (Wildman–Crippen LogP) is 2.10. The number of hydrogen-bond donors (Lipinski definition) is 1. The fourth-order valence-corrected chi connectivity index (χ4v) is 2.71. The van der Waals surface area contributed by atoms with Crippen LogP contribution in [-0.4, -0.2) is 80.2 Å². The number of piperazine rings is 1. The van der Waals surface area contributed by atoms with Gasteiger partial charge in [-0.05, 0) is 31.8 Å². The zero-order valence-corrected chi connectivity index (χ0v) is 17.0. The van der Waals surface area contributed by atoms with Crippen molar-refractivity contribution in [2.24, 2.45) is 4.99 Å². The van der Waals surface area contributed by atoms with Gasteiger partial charge in [-0.2, -0.15) is 11.8 Å². The highest BCUT2D eigenvalue weighted by Gasteiger charge is 2.23. The van der Waals surface area contributed by atoms with E-state index in [1.165, 1.54) is 12.2 Å². The molecule has 1 fully saturated rings. The molecule has 0 unspecified atom stereocenters. The summed E-state index contributed by atoms with van der Waals surface area (Å²) in [4.78, 5) is 19.9. The molecular weight excluding hydrogens is 415 g/mol. The van der Waals surface area contributed by atoms with E-state index in [2.05, 4.69) is 21.5 Å². The lowest BCUT2D eigenvalue weighted by atomic mass is 10.3. The molecule has 8 heteroatoms. The van der Waals surface area contributed by atoms with Crippen LogP contribution >= 0.6 is 35.7 Å². The van der Waals surface area contributed by atoms with Crippen LogP contribution in [0.15, 0.2) is 4.99 Å². The van der Waals surface area contributed by atoms with Crippen molar-refractivity contribution in [2.75, 3.05) is 58.4 Å². The fraction of sp³-hybridized carbons (Fsp3) is 0.857. The second kappa shape index (κ2) is 13.1. The topological polar surface area (TPSA) is 57.2 Å². The van der Waals surface area contributed by atoms with E-state index in [1.54, 1.807) is 4.90 Å². The summed E-state index contributed by atoms with van der Waals surface area (Å²) in [5, 5.41) is 3.40. The average molecular weight is 444 g/mol. The minimum absolute atomic E-state index is 0. The number of guanidine groups is 1. The summed E-state index contributed by atoms with van der Waals surface area (Å²) in [5.74, 6) is 2.14. The first-order valence-electron chi connectivity index (χ1n) is 7.59. The molecule has 1 N–H and O–H groups in total. The molecule has 1 saturated heterocycles. The van der Waals surface area contributed by atoms with Gasteiger partial charge in [0.2, 0.25) is 0 Å². The predicted molar refractivity (Wildman–Crippen MR) is 105 cm³/mol. The van der Waals surface area contributed by atoms with Crippen molar-refractivity contribution in [1.82, 2.24) is 15.1 Å². The van der Waals surface area contributed by atoms with Crippen LogP contribution in [0.3, 0.4) is 0 Å². The molecule has 130 valence electrons. The monoisotopic (exact) mass is 444 g/mol. The molecule has 22 heavy (non-hydrogen) atoms. The summed E-state index contributed by atoms with van der Waals surface area (Å²) in [5.41, 5.74) is 0. The lowest BCUT2D eigenvalue weighted by Gasteiger charge is -2.35. The molecule has 1 rings (SSSR count). The van der Waals surface area contributed by atoms with Crippen LogP contribution in [0.4, 0.5) is 4.79 Å². The van der Waals surface area contributed by atoms with Crippen molar-refractivity contribution < 1.29 is 9.53 Å². The molecule has 0 bridgehead atoms. The second-order valence-electron chi connectivity index (χ2n) is 4.85. The summed E-state index contributed by atoms with van der Waals surface area (Å²) in [6, 6.07) is 0. The number of ether oxygens (including phenoxy) is 1. The first-order valence-corrected chi connectivity index (χ1v) is 8.98. The van der Waals surface area contributed by atoms with Gasteiger partial charge in [0.05, 0.1) is 6.61 Å². The highest BCUT2D eigenvalue weighted by Crippen LogP contribution is 2.04. The van der Waals surface area contributed by atoms with E-state index in [0.29, 0.717) is 19.7 Å². The van der Waals surface area contributed by atoms with E-state index in [0.717, 1.165) is 32.0 Å². The summed E-state index contributed by atoms with van der Waals surface area (Å²) in [7, 11) is 1.81. The number of rotatable bonds is 6. The van der Waals surface area contributed by atoms with Crippen LogP contribution in [0.25, 0.3) is 0 Å². The molecular formula is C14H29IN4O2S. The van der Waals surface area contributed by atoms with Gasteiger partial charge in [0.25, 0.3) is 0 Å². The maximum atomic E-state index is 11.7. The van der Waals surface area contributed by atoms with Crippen molar-refractivity contribution in [3.63, 3.8) is 0 Å². The number of carbonyl (C=O) groups excluding carboxylic acids is 1. The van der Waals surface area contributed by atoms with Gasteiger partial charge in [-0.3, -0.25) is 4.99 Å². The molecule has 1 aliphatic rings. The van der Waals surface area contributed by atoms with Gasteiger partial charge in [-0.1, -0.05) is 0 Å². The van der Waals surface area contributed by atoms with Crippen molar-refractivity contribution in [2.45, 2.75) is 19.8 Å². The summed E-state index contributed by atoms with van der Waals surface area (Å²) < 4.78 is 5.03. The minimum atomic E-state index is -0.211.